The molecular weight excluding hydrogens is 578 g/mol. The van der Waals surface area contributed by atoms with Gasteiger partial charge < -0.3 is 52.6 Å². The van der Waals surface area contributed by atoms with Gasteiger partial charge in [0.05, 0.1) is 76.4 Å². The average Bonchev–Trinajstić information content (AvgIpc) is 3.03. The highest BCUT2D eigenvalue weighted by atomic mass is 19.1. The van der Waals surface area contributed by atoms with Crippen LogP contribution in [0.15, 0.2) is 24.3 Å². The molecule has 2 fully saturated rings. The molecule has 0 unspecified atom stereocenters. The third-order valence-electron chi connectivity index (χ3n) is 6.20. The van der Waals surface area contributed by atoms with Gasteiger partial charge in [-0.05, 0) is 27.7 Å². The van der Waals surface area contributed by atoms with E-state index in [4.69, 9.17) is 49.3 Å². The molecule has 240 valence electrons. The minimum absolute atomic E-state index is 0.382. The van der Waals surface area contributed by atoms with E-state index in [0.29, 0.717) is 87.2 Å². The lowest BCUT2D eigenvalue weighted by Gasteiger charge is -2.30. The van der Waals surface area contributed by atoms with Crippen molar-refractivity contribution in [3.63, 3.8) is 0 Å². The lowest BCUT2D eigenvalue weighted by atomic mass is 10.2. The van der Waals surface area contributed by atoms with Crippen molar-refractivity contribution in [1.82, 2.24) is 0 Å². The molecule has 0 N–H and O–H groups in total. The van der Waals surface area contributed by atoms with Gasteiger partial charge in [0.25, 0.3) is 0 Å². The van der Waals surface area contributed by atoms with Crippen molar-refractivity contribution in [2.24, 2.45) is 0 Å². The van der Waals surface area contributed by atoms with E-state index in [1.165, 1.54) is 0 Å². The SMILES string of the molecule is CCOc1cc(N2CCOCC2)c(OCC)cc1[N+]#N.CCOc1cc(N2CCOCC2)c(OCC)cc1[N+]#N.[O-]B([O-])F. The molecule has 14 nitrogen and oxygen atoms in total. The summed E-state index contributed by atoms with van der Waals surface area (Å²) in [5.74, 6) is 2.51. The van der Waals surface area contributed by atoms with Crippen LogP contribution in [0, 0.1) is 10.8 Å². The smallest absolute Gasteiger partial charge is 0.430 e. The normalized spacial score (nSPS) is 14.0. The number of ether oxygens (including phenoxy) is 6. The summed E-state index contributed by atoms with van der Waals surface area (Å²) in [6, 6.07) is 7.16. The van der Waals surface area contributed by atoms with Crippen LogP contribution in [0.1, 0.15) is 27.7 Å². The fourth-order valence-corrected chi connectivity index (χ4v) is 4.42. The maximum Gasteiger partial charge on any atom is 0.430 e. The molecule has 2 saturated heterocycles. The fourth-order valence-electron chi connectivity index (χ4n) is 4.42. The summed E-state index contributed by atoms with van der Waals surface area (Å²) in [7, 11) is -3.17. The number of benzene rings is 2. The van der Waals surface area contributed by atoms with Gasteiger partial charge in [-0.2, -0.15) is 0 Å². The predicted molar refractivity (Wildman–Crippen MR) is 160 cm³/mol. The van der Waals surface area contributed by atoms with E-state index in [0.717, 1.165) is 37.6 Å². The topological polar surface area (TPSA) is 164 Å². The van der Waals surface area contributed by atoms with Crippen LogP contribution in [-0.4, -0.2) is 86.4 Å². The molecule has 44 heavy (non-hydrogen) atoms. The summed E-state index contributed by atoms with van der Waals surface area (Å²) >= 11 is 0. The molecule has 2 aromatic rings. The van der Waals surface area contributed by atoms with Crippen molar-refractivity contribution in [2.75, 3.05) is 88.8 Å². The Labute approximate surface area is 257 Å². The summed E-state index contributed by atoms with van der Waals surface area (Å²) in [5.41, 5.74) is 2.66. The molecule has 0 radical (unpaired) electrons. The molecule has 0 spiro atoms. The van der Waals surface area contributed by atoms with E-state index in [2.05, 4.69) is 19.8 Å². The van der Waals surface area contributed by atoms with Crippen molar-refractivity contribution < 1.29 is 42.8 Å². The van der Waals surface area contributed by atoms with Crippen LogP contribution in [0.25, 0.3) is 9.95 Å². The standard InChI is InChI=1S/2C14H20N3O3.BFO2/c2*1-3-19-13-10-12(17-5-7-18-8-6-17)14(20-4-2)9-11(13)16-15;2-1(3)4/h2*9-10H,3-8H2,1-2H3;/q2*+1;-2. The van der Waals surface area contributed by atoms with Crippen molar-refractivity contribution in [3.05, 3.63) is 34.2 Å². The number of anilines is 2. The van der Waals surface area contributed by atoms with Crippen LogP contribution in [0.4, 0.5) is 27.1 Å². The Bertz CT molecular complexity index is 1140. The molecule has 0 aliphatic carbocycles. The first kappa shape index (κ1) is 36.1. The molecular formula is C28H40BFN6O8. The highest BCUT2D eigenvalue weighted by Crippen LogP contribution is 2.41. The van der Waals surface area contributed by atoms with Crippen LogP contribution in [0.2, 0.25) is 0 Å². The number of hydrogen-bond acceptors (Lipinski definition) is 12. The van der Waals surface area contributed by atoms with Gasteiger partial charge in [-0.3, -0.25) is 0 Å². The van der Waals surface area contributed by atoms with Crippen molar-refractivity contribution in [3.8, 4) is 23.0 Å². The van der Waals surface area contributed by atoms with Gasteiger partial charge in [-0.1, -0.05) is 0 Å². The Hall–Kier alpha value is -4.09. The zero-order chi connectivity index (χ0) is 32.3. The first-order chi connectivity index (χ1) is 21.3. The minimum atomic E-state index is -3.17. The van der Waals surface area contributed by atoms with Gasteiger partial charge in [0.15, 0.2) is 21.5 Å². The molecule has 0 aromatic heterocycles. The van der Waals surface area contributed by atoms with Gasteiger partial charge in [0.1, 0.15) is 7.40 Å². The summed E-state index contributed by atoms with van der Waals surface area (Å²) < 4.78 is 43.0. The average molecular weight is 618 g/mol. The number of halogens is 1. The van der Waals surface area contributed by atoms with E-state index in [-0.39, 0.29) is 0 Å². The Kier molecular flexibility index (Phi) is 16.4. The van der Waals surface area contributed by atoms with E-state index in [1.54, 1.807) is 12.1 Å². The van der Waals surface area contributed by atoms with E-state index >= 15 is 0 Å². The molecule has 2 heterocycles. The maximum absolute atomic E-state index is 9.89. The summed E-state index contributed by atoms with van der Waals surface area (Å²) in [6.07, 6.45) is 0. The molecule has 2 aromatic carbocycles. The van der Waals surface area contributed by atoms with Gasteiger partial charge in [0, 0.05) is 38.3 Å². The second kappa shape index (κ2) is 20.0. The largest absolute Gasteiger partial charge is 0.867 e. The molecule has 0 amide bonds. The molecule has 2 aliphatic heterocycles. The van der Waals surface area contributed by atoms with Crippen LogP contribution in [0.5, 0.6) is 23.0 Å². The van der Waals surface area contributed by atoms with E-state index < -0.39 is 7.40 Å². The molecule has 16 heteroatoms. The van der Waals surface area contributed by atoms with Crippen molar-refractivity contribution >= 4 is 30.1 Å². The molecule has 0 bridgehead atoms. The van der Waals surface area contributed by atoms with E-state index in [1.807, 2.05) is 39.8 Å². The molecule has 0 atom stereocenters. The summed E-state index contributed by atoms with van der Waals surface area (Å²) in [6.45, 7) is 15.8. The number of morpholine rings is 2. The zero-order valence-corrected chi connectivity index (χ0v) is 25.7. The lowest BCUT2D eigenvalue weighted by Crippen LogP contribution is -2.39. The molecule has 0 saturated carbocycles. The lowest BCUT2D eigenvalue weighted by molar-refractivity contribution is -0.366. The molecule has 4 rings (SSSR count). The Morgan fingerprint density at radius 2 is 0.955 bits per heavy atom. The third kappa shape index (κ3) is 11.2. The number of rotatable bonds is 10. The summed E-state index contributed by atoms with van der Waals surface area (Å²) in [5, 5.41) is 34.8. The third-order valence-corrected chi connectivity index (χ3v) is 6.20. The van der Waals surface area contributed by atoms with Gasteiger partial charge in [-0.25, -0.2) is 0 Å². The minimum Gasteiger partial charge on any atom is -0.867 e. The number of nitrogens with zero attached hydrogens (tertiary/aromatic N) is 6. The fraction of sp³-hybridized carbons (Fsp3) is 0.571. The zero-order valence-electron chi connectivity index (χ0n) is 25.7. The van der Waals surface area contributed by atoms with Crippen LogP contribution < -0.4 is 38.8 Å². The number of diazo groups is 2. The highest BCUT2D eigenvalue weighted by molar-refractivity contribution is 6.27. The van der Waals surface area contributed by atoms with Crippen molar-refractivity contribution in [1.29, 1.82) is 10.8 Å². The first-order valence-corrected chi connectivity index (χ1v) is 14.5. The Balaban J connectivity index is 0.000000274. The Morgan fingerprint density at radius 1 is 0.659 bits per heavy atom. The Morgan fingerprint density at radius 3 is 1.23 bits per heavy atom. The van der Waals surface area contributed by atoms with E-state index in [9.17, 15) is 4.32 Å². The van der Waals surface area contributed by atoms with Crippen LogP contribution in [-0.2, 0) is 9.47 Å². The van der Waals surface area contributed by atoms with Crippen LogP contribution in [0.3, 0.4) is 0 Å². The van der Waals surface area contributed by atoms with Gasteiger partial charge >= 0.3 is 11.4 Å². The first-order valence-electron chi connectivity index (χ1n) is 14.5. The second-order valence-corrected chi connectivity index (χ2v) is 8.98. The monoisotopic (exact) mass is 618 g/mol. The highest BCUT2D eigenvalue weighted by Gasteiger charge is 2.26. The van der Waals surface area contributed by atoms with Gasteiger partial charge in [0.2, 0.25) is 22.3 Å². The molecule has 2 aliphatic rings. The second-order valence-electron chi connectivity index (χ2n) is 8.98. The van der Waals surface area contributed by atoms with Crippen molar-refractivity contribution in [2.45, 2.75) is 27.7 Å². The van der Waals surface area contributed by atoms with Crippen LogP contribution >= 0.6 is 0 Å². The predicted octanol–water partition coefficient (Wildman–Crippen LogP) is 3.27. The van der Waals surface area contributed by atoms with Gasteiger partial charge in [-0.15, -0.1) is 0 Å². The quantitative estimate of drug-likeness (QED) is 0.282. The maximum atomic E-state index is 9.89. The number of hydrogen-bond donors (Lipinski definition) is 0. The summed E-state index contributed by atoms with van der Waals surface area (Å²) in [4.78, 5) is 10.9.